The molecule has 2 unspecified atom stereocenters. The van der Waals surface area contributed by atoms with E-state index in [9.17, 15) is 0 Å². The Kier molecular flexibility index (Phi) is 3.17. The Morgan fingerprint density at radius 2 is 2.06 bits per heavy atom. The molecule has 2 saturated heterocycles. The van der Waals surface area contributed by atoms with Crippen molar-refractivity contribution in [3.05, 3.63) is 35.4 Å². The van der Waals surface area contributed by atoms with Crippen molar-refractivity contribution in [3.63, 3.8) is 0 Å². The lowest BCUT2D eigenvalue weighted by atomic mass is 9.91. The molecule has 2 heteroatoms. The van der Waals surface area contributed by atoms with Crippen molar-refractivity contribution in [1.29, 1.82) is 0 Å². The van der Waals surface area contributed by atoms with Crippen LogP contribution in [0, 0.1) is 6.92 Å². The van der Waals surface area contributed by atoms with Crippen LogP contribution >= 0.6 is 0 Å². The summed E-state index contributed by atoms with van der Waals surface area (Å²) >= 11 is 0. The smallest absolute Gasteiger partial charge is 0.0478 e. The van der Waals surface area contributed by atoms with Crippen LogP contribution in [0.25, 0.3) is 0 Å². The van der Waals surface area contributed by atoms with E-state index >= 15 is 0 Å². The zero-order valence-corrected chi connectivity index (χ0v) is 10.7. The topological polar surface area (TPSA) is 15.3 Å². The molecule has 1 N–H and O–H groups in total. The molecule has 0 saturated carbocycles. The summed E-state index contributed by atoms with van der Waals surface area (Å²) in [5.74, 6) is 0. The zero-order chi connectivity index (χ0) is 11.7. The van der Waals surface area contributed by atoms with Gasteiger partial charge in [-0.05, 0) is 37.4 Å². The van der Waals surface area contributed by atoms with Gasteiger partial charge in [0, 0.05) is 25.2 Å². The maximum absolute atomic E-state index is 3.62. The van der Waals surface area contributed by atoms with Crippen molar-refractivity contribution >= 4 is 0 Å². The molecule has 1 aromatic rings. The molecule has 0 aromatic heterocycles. The number of rotatable bonds is 1. The van der Waals surface area contributed by atoms with Gasteiger partial charge in [0.1, 0.15) is 0 Å². The molecule has 0 spiro atoms. The number of fused-ring (bicyclic) bond motifs is 1. The Bertz CT molecular complexity index is 386. The molecule has 3 rings (SSSR count). The number of nitrogens with one attached hydrogen (secondary N) is 1. The van der Waals surface area contributed by atoms with E-state index in [-0.39, 0.29) is 0 Å². The van der Waals surface area contributed by atoms with Crippen molar-refractivity contribution < 1.29 is 0 Å². The number of benzene rings is 1. The predicted octanol–water partition coefficient (Wildman–Crippen LogP) is 2.49. The Balaban J connectivity index is 1.88. The van der Waals surface area contributed by atoms with Crippen LogP contribution in [0.2, 0.25) is 0 Å². The second-order valence-electron chi connectivity index (χ2n) is 5.42. The second kappa shape index (κ2) is 4.79. The highest BCUT2D eigenvalue weighted by Gasteiger charge is 2.33. The fourth-order valence-electron chi connectivity index (χ4n) is 3.41. The molecule has 2 fully saturated rings. The lowest BCUT2D eigenvalue weighted by molar-refractivity contribution is 0.0640. The molecule has 2 nitrogen and oxygen atoms in total. The standard InChI is InChI=1S/C15H22N2/c1-12-6-2-3-8-14(12)15-11-16-10-13-7-4-5-9-17(13)15/h2-3,6,8,13,15-16H,4-5,7,9-11H2,1H3. The van der Waals surface area contributed by atoms with Gasteiger partial charge in [0.2, 0.25) is 0 Å². The minimum Gasteiger partial charge on any atom is -0.313 e. The summed E-state index contributed by atoms with van der Waals surface area (Å²) in [5.41, 5.74) is 2.96. The van der Waals surface area contributed by atoms with E-state index in [2.05, 4.69) is 41.4 Å². The average Bonchev–Trinajstić information content (AvgIpc) is 2.39. The monoisotopic (exact) mass is 230 g/mol. The first kappa shape index (κ1) is 11.2. The van der Waals surface area contributed by atoms with Gasteiger partial charge in [-0.1, -0.05) is 30.7 Å². The average molecular weight is 230 g/mol. The van der Waals surface area contributed by atoms with Gasteiger partial charge in [0.05, 0.1) is 0 Å². The van der Waals surface area contributed by atoms with Gasteiger partial charge in [0.15, 0.2) is 0 Å². The van der Waals surface area contributed by atoms with Gasteiger partial charge in [-0.3, -0.25) is 4.90 Å². The van der Waals surface area contributed by atoms with Crippen LogP contribution in [0.3, 0.4) is 0 Å². The highest BCUT2D eigenvalue weighted by molar-refractivity contribution is 5.29. The summed E-state index contributed by atoms with van der Waals surface area (Å²) in [7, 11) is 0. The third-order valence-electron chi connectivity index (χ3n) is 4.34. The fraction of sp³-hybridized carbons (Fsp3) is 0.600. The van der Waals surface area contributed by atoms with Crippen molar-refractivity contribution in [2.24, 2.45) is 0 Å². The number of nitrogens with zero attached hydrogens (tertiary/aromatic N) is 1. The van der Waals surface area contributed by atoms with Crippen LogP contribution < -0.4 is 5.32 Å². The SMILES string of the molecule is Cc1ccccc1C1CNCC2CCCCN21. The maximum Gasteiger partial charge on any atom is 0.0478 e. The molecule has 17 heavy (non-hydrogen) atoms. The van der Waals surface area contributed by atoms with Crippen LogP contribution in [-0.4, -0.2) is 30.6 Å². The van der Waals surface area contributed by atoms with E-state index in [1.54, 1.807) is 0 Å². The Hall–Kier alpha value is -0.860. The van der Waals surface area contributed by atoms with E-state index in [0.717, 1.165) is 12.6 Å². The van der Waals surface area contributed by atoms with Gasteiger partial charge in [0.25, 0.3) is 0 Å². The Morgan fingerprint density at radius 3 is 2.94 bits per heavy atom. The van der Waals surface area contributed by atoms with Crippen molar-refractivity contribution in [1.82, 2.24) is 10.2 Å². The van der Waals surface area contributed by atoms with Gasteiger partial charge < -0.3 is 5.32 Å². The number of piperidine rings is 1. The normalized spacial score (nSPS) is 29.9. The molecule has 0 amide bonds. The lowest BCUT2D eigenvalue weighted by Crippen LogP contribution is -2.54. The summed E-state index contributed by atoms with van der Waals surface area (Å²) in [4.78, 5) is 2.74. The highest BCUT2D eigenvalue weighted by atomic mass is 15.3. The van der Waals surface area contributed by atoms with Crippen LogP contribution in [0.1, 0.15) is 36.4 Å². The molecule has 0 aliphatic carbocycles. The maximum atomic E-state index is 3.62. The van der Waals surface area contributed by atoms with Crippen LogP contribution in [0.4, 0.5) is 0 Å². The van der Waals surface area contributed by atoms with E-state index in [1.807, 2.05) is 0 Å². The van der Waals surface area contributed by atoms with Crippen LogP contribution in [0.15, 0.2) is 24.3 Å². The molecular formula is C15H22N2. The van der Waals surface area contributed by atoms with Gasteiger partial charge in [-0.25, -0.2) is 0 Å². The number of hydrogen-bond donors (Lipinski definition) is 1. The molecule has 2 atom stereocenters. The zero-order valence-electron chi connectivity index (χ0n) is 10.7. The summed E-state index contributed by atoms with van der Waals surface area (Å²) in [5, 5.41) is 3.62. The third kappa shape index (κ3) is 2.12. The minimum absolute atomic E-state index is 0.593. The first-order chi connectivity index (χ1) is 8.36. The van der Waals surface area contributed by atoms with Crippen molar-refractivity contribution in [2.75, 3.05) is 19.6 Å². The first-order valence-corrected chi connectivity index (χ1v) is 6.88. The molecule has 2 aliphatic rings. The third-order valence-corrected chi connectivity index (χ3v) is 4.34. The van der Waals surface area contributed by atoms with E-state index in [4.69, 9.17) is 0 Å². The first-order valence-electron chi connectivity index (χ1n) is 6.88. The van der Waals surface area contributed by atoms with Gasteiger partial charge >= 0.3 is 0 Å². The van der Waals surface area contributed by atoms with Gasteiger partial charge in [-0.2, -0.15) is 0 Å². The Labute approximate surface area is 104 Å². The minimum atomic E-state index is 0.593. The molecule has 0 radical (unpaired) electrons. The molecule has 1 aromatic carbocycles. The summed E-state index contributed by atoms with van der Waals surface area (Å²) in [6, 6.07) is 10.2. The fourth-order valence-corrected chi connectivity index (χ4v) is 3.41. The van der Waals surface area contributed by atoms with E-state index < -0.39 is 0 Å². The second-order valence-corrected chi connectivity index (χ2v) is 5.42. The molecule has 2 heterocycles. The van der Waals surface area contributed by atoms with Crippen molar-refractivity contribution in [2.45, 2.75) is 38.3 Å². The Morgan fingerprint density at radius 1 is 1.18 bits per heavy atom. The summed E-state index contributed by atoms with van der Waals surface area (Å²) in [6.07, 6.45) is 4.15. The van der Waals surface area contributed by atoms with E-state index in [0.29, 0.717) is 6.04 Å². The summed E-state index contributed by atoms with van der Waals surface area (Å²) in [6.45, 7) is 5.82. The summed E-state index contributed by atoms with van der Waals surface area (Å²) < 4.78 is 0. The van der Waals surface area contributed by atoms with E-state index in [1.165, 1.54) is 43.5 Å². The molecule has 92 valence electrons. The molecular weight excluding hydrogens is 208 g/mol. The van der Waals surface area contributed by atoms with Crippen LogP contribution in [0.5, 0.6) is 0 Å². The number of hydrogen-bond acceptors (Lipinski definition) is 2. The predicted molar refractivity (Wildman–Crippen MR) is 71.1 cm³/mol. The van der Waals surface area contributed by atoms with Gasteiger partial charge in [-0.15, -0.1) is 0 Å². The number of aryl methyl sites for hydroxylation is 1. The number of piperazine rings is 1. The molecule has 2 aliphatic heterocycles. The van der Waals surface area contributed by atoms with Crippen molar-refractivity contribution in [3.8, 4) is 0 Å². The lowest BCUT2D eigenvalue weighted by Gasteiger charge is -2.46. The van der Waals surface area contributed by atoms with Crippen LogP contribution in [-0.2, 0) is 0 Å². The molecule has 0 bridgehead atoms. The quantitative estimate of drug-likeness (QED) is 0.797. The highest BCUT2D eigenvalue weighted by Crippen LogP contribution is 2.31. The largest absolute Gasteiger partial charge is 0.313 e.